The van der Waals surface area contributed by atoms with Crippen LogP contribution >= 0.6 is 0 Å². The summed E-state index contributed by atoms with van der Waals surface area (Å²) < 4.78 is 10.3. The first-order valence-corrected chi connectivity index (χ1v) is 5.93. The minimum Gasteiger partial charge on any atom is -0.377 e. The fraction of sp³-hybridized carbons (Fsp3) is 0.818. The molecule has 16 heavy (non-hydrogen) atoms. The fourth-order valence-electron chi connectivity index (χ4n) is 3.04. The van der Waals surface area contributed by atoms with Crippen LogP contribution in [0.5, 0.6) is 0 Å². The first-order valence-electron chi connectivity index (χ1n) is 5.93. The van der Waals surface area contributed by atoms with E-state index >= 15 is 0 Å². The van der Waals surface area contributed by atoms with Gasteiger partial charge in [0, 0.05) is 7.11 Å². The SMILES string of the molecule is COCc1noc(C2NCC3CCCC32)n1. The van der Waals surface area contributed by atoms with Crippen molar-refractivity contribution in [3.8, 4) is 0 Å². The lowest BCUT2D eigenvalue weighted by Gasteiger charge is -2.13. The number of fused-ring (bicyclic) bond motifs is 1. The largest absolute Gasteiger partial charge is 0.377 e. The molecule has 2 heterocycles. The molecule has 88 valence electrons. The summed E-state index contributed by atoms with van der Waals surface area (Å²) in [4.78, 5) is 4.38. The van der Waals surface area contributed by atoms with Crippen LogP contribution < -0.4 is 5.32 Å². The second-order valence-electron chi connectivity index (χ2n) is 4.72. The van der Waals surface area contributed by atoms with Gasteiger partial charge in [0.15, 0.2) is 5.82 Å². The van der Waals surface area contributed by atoms with Crippen LogP contribution in [0.15, 0.2) is 4.52 Å². The highest BCUT2D eigenvalue weighted by molar-refractivity contribution is 5.03. The highest BCUT2D eigenvalue weighted by Crippen LogP contribution is 2.43. The molecule has 3 atom stereocenters. The Hall–Kier alpha value is -0.940. The normalized spacial score (nSPS) is 33.2. The molecule has 2 fully saturated rings. The van der Waals surface area contributed by atoms with Crippen molar-refractivity contribution in [2.75, 3.05) is 13.7 Å². The number of nitrogens with one attached hydrogen (secondary N) is 1. The van der Waals surface area contributed by atoms with E-state index in [0.29, 0.717) is 18.3 Å². The zero-order chi connectivity index (χ0) is 11.0. The van der Waals surface area contributed by atoms with Crippen molar-refractivity contribution in [3.63, 3.8) is 0 Å². The van der Waals surface area contributed by atoms with Crippen molar-refractivity contribution in [2.24, 2.45) is 11.8 Å². The van der Waals surface area contributed by atoms with Crippen LogP contribution in [0.3, 0.4) is 0 Å². The summed E-state index contributed by atoms with van der Waals surface area (Å²) in [6, 6.07) is 0.269. The van der Waals surface area contributed by atoms with E-state index in [1.807, 2.05) is 0 Å². The Bertz CT molecular complexity index is 366. The van der Waals surface area contributed by atoms with Gasteiger partial charge in [0.05, 0.1) is 6.04 Å². The zero-order valence-corrected chi connectivity index (χ0v) is 9.48. The van der Waals surface area contributed by atoms with E-state index in [1.54, 1.807) is 7.11 Å². The first-order chi connectivity index (χ1) is 7.88. The van der Waals surface area contributed by atoms with Crippen LogP contribution in [0.2, 0.25) is 0 Å². The molecule has 5 nitrogen and oxygen atoms in total. The summed E-state index contributed by atoms with van der Waals surface area (Å²) >= 11 is 0. The molecule has 5 heteroatoms. The summed E-state index contributed by atoms with van der Waals surface area (Å²) in [5.74, 6) is 2.88. The Morgan fingerprint density at radius 2 is 2.44 bits per heavy atom. The molecule has 1 N–H and O–H groups in total. The molecule has 1 aliphatic heterocycles. The summed E-state index contributed by atoms with van der Waals surface area (Å²) in [6.07, 6.45) is 3.96. The summed E-state index contributed by atoms with van der Waals surface area (Å²) in [5, 5.41) is 7.41. The maximum Gasteiger partial charge on any atom is 0.244 e. The monoisotopic (exact) mass is 223 g/mol. The Morgan fingerprint density at radius 3 is 3.31 bits per heavy atom. The molecule has 0 radical (unpaired) electrons. The number of methoxy groups -OCH3 is 1. The van der Waals surface area contributed by atoms with Gasteiger partial charge in [0.2, 0.25) is 5.89 Å². The number of ether oxygens (including phenoxy) is 1. The lowest BCUT2D eigenvalue weighted by Crippen LogP contribution is -2.18. The van der Waals surface area contributed by atoms with Crippen molar-refractivity contribution >= 4 is 0 Å². The average molecular weight is 223 g/mol. The predicted molar refractivity (Wildman–Crippen MR) is 56.6 cm³/mol. The first kappa shape index (κ1) is 10.2. The van der Waals surface area contributed by atoms with Gasteiger partial charge in [0.1, 0.15) is 6.61 Å². The molecular formula is C11H17N3O2. The van der Waals surface area contributed by atoms with E-state index in [4.69, 9.17) is 9.26 Å². The van der Waals surface area contributed by atoms with E-state index in [9.17, 15) is 0 Å². The van der Waals surface area contributed by atoms with Gasteiger partial charge in [-0.3, -0.25) is 0 Å². The second-order valence-corrected chi connectivity index (χ2v) is 4.72. The summed E-state index contributed by atoms with van der Waals surface area (Å²) in [7, 11) is 1.64. The highest BCUT2D eigenvalue weighted by Gasteiger charge is 2.42. The molecule has 0 spiro atoms. The minimum absolute atomic E-state index is 0.269. The third-order valence-electron chi connectivity index (χ3n) is 3.77. The molecule has 3 rings (SSSR count). The number of hydrogen-bond donors (Lipinski definition) is 1. The van der Waals surface area contributed by atoms with Gasteiger partial charge >= 0.3 is 0 Å². The van der Waals surface area contributed by atoms with Crippen LogP contribution in [-0.4, -0.2) is 23.8 Å². The Balaban J connectivity index is 1.76. The molecule has 1 aromatic heterocycles. The van der Waals surface area contributed by atoms with E-state index in [1.165, 1.54) is 19.3 Å². The predicted octanol–water partition coefficient (Wildman–Crippen LogP) is 1.28. The maximum atomic E-state index is 5.31. The average Bonchev–Trinajstić information content (AvgIpc) is 2.90. The van der Waals surface area contributed by atoms with Crippen LogP contribution in [-0.2, 0) is 11.3 Å². The third-order valence-corrected chi connectivity index (χ3v) is 3.77. The minimum atomic E-state index is 0.269. The Labute approximate surface area is 94.6 Å². The maximum absolute atomic E-state index is 5.31. The van der Waals surface area contributed by atoms with E-state index < -0.39 is 0 Å². The lowest BCUT2D eigenvalue weighted by atomic mass is 9.94. The molecule has 1 aliphatic carbocycles. The number of aromatic nitrogens is 2. The standard InChI is InChI=1S/C11H17N3O2/c1-15-6-9-13-11(16-14-9)10-8-4-2-3-7(8)5-12-10/h7-8,10,12H,2-6H2,1H3. The summed E-state index contributed by atoms with van der Waals surface area (Å²) in [6.45, 7) is 1.52. The number of hydrogen-bond acceptors (Lipinski definition) is 5. The van der Waals surface area contributed by atoms with Gasteiger partial charge in [-0.15, -0.1) is 0 Å². The topological polar surface area (TPSA) is 60.2 Å². The van der Waals surface area contributed by atoms with Gasteiger partial charge in [-0.25, -0.2) is 0 Å². The van der Waals surface area contributed by atoms with Gasteiger partial charge in [-0.2, -0.15) is 4.98 Å². The zero-order valence-electron chi connectivity index (χ0n) is 9.48. The number of nitrogens with zero attached hydrogens (tertiary/aromatic N) is 2. The van der Waals surface area contributed by atoms with Crippen molar-refractivity contribution < 1.29 is 9.26 Å². The third kappa shape index (κ3) is 1.64. The Kier molecular flexibility index (Phi) is 2.65. The van der Waals surface area contributed by atoms with Crippen LogP contribution in [0.4, 0.5) is 0 Å². The summed E-state index contributed by atoms with van der Waals surface area (Å²) in [5.41, 5.74) is 0. The molecule has 0 amide bonds. The molecule has 1 saturated heterocycles. The van der Waals surface area contributed by atoms with Crippen molar-refractivity contribution in [1.82, 2.24) is 15.5 Å². The highest BCUT2D eigenvalue weighted by atomic mass is 16.5. The van der Waals surface area contributed by atoms with Crippen molar-refractivity contribution in [2.45, 2.75) is 31.9 Å². The molecule has 3 unspecified atom stereocenters. The Morgan fingerprint density at radius 1 is 1.50 bits per heavy atom. The molecule has 1 aromatic rings. The smallest absolute Gasteiger partial charge is 0.244 e. The quantitative estimate of drug-likeness (QED) is 0.836. The van der Waals surface area contributed by atoms with Gasteiger partial charge < -0.3 is 14.6 Å². The van der Waals surface area contributed by atoms with Crippen molar-refractivity contribution in [3.05, 3.63) is 11.7 Å². The molecule has 2 aliphatic rings. The van der Waals surface area contributed by atoms with Crippen LogP contribution in [0.25, 0.3) is 0 Å². The second kappa shape index (κ2) is 4.14. The van der Waals surface area contributed by atoms with Crippen molar-refractivity contribution in [1.29, 1.82) is 0 Å². The molecule has 0 aromatic carbocycles. The van der Waals surface area contributed by atoms with Gasteiger partial charge in [-0.05, 0) is 31.2 Å². The van der Waals surface area contributed by atoms with E-state index in [0.717, 1.165) is 18.4 Å². The van der Waals surface area contributed by atoms with E-state index in [-0.39, 0.29) is 6.04 Å². The lowest BCUT2D eigenvalue weighted by molar-refractivity contribution is 0.174. The van der Waals surface area contributed by atoms with E-state index in [2.05, 4.69) is 15.5 Å². The van der Waals surface area contributed by atoms with Crippen LogP contribution in [0, 0.1) is 11.8 Å². The molecular weight excluding hydrogens is 206 g/mol. The van der Waals surface area contributed by atoms with Gasteiger partial charge in [-0.1, -0.05) is 11.6 Å². The number of rotatable bonds is 3. The van der Waals surface area contributed by atoms with Gasteiger partial charge in [0.25, 0.3) is 0 Å². The molecule has 0 bridgehead atoms. The molecule has 1 saturated carbocycles. The fourth-order valence-corrected chi connectivity index (χ4v) is 3.04. The van der Waals surface area contributed by atoms with Crippen LogP contribution in [0.1, 0.15) is 37.0 Å².